The molecule has 2 amide bonds. The number of rotatable bonds is 7. The fourth-order valence-electron chi connectivity index (χ4n) is 2.64. The number of hydrogen-bond acceptors (Lipinski definition) is 4. The second kappa shape index (κ2) is 8.77. The van der Waals surface area contributed by atoms with Gasteiger partial charge in [-0.15, -0.1) is 0 Å². The van der Waals surface area contributed by atoms with E-state index in [1.807, 2.05) is 56.3 Å². The van der Waals surface area contributed by atoms with Crippen molar-refractivity contribution in [1.29, 1.82) is 0 Å². The highest BCUT2D eigenvalue weighted by atomic mass is 32.1. The second-order valence-electron chi connectivity index (χ2n) is 6.49. The van der Waals surface area contributed by atoms with Crippen LogP contribution < -0.4 is 10.6 Å². The summed E-state index contributed by atoms with van der Waals surface area (Å²) in [5.41, 5.74) is 4.26. The Morgan fingerprint density at radius 3 is 2.52 bits per heavy atom. The third-order valence-electron chi connectivity index (χ3n) is 4.27. The summed E-state index contributed by atoms with van der Waals surface area (Å²) < 4.78 is 1.01. The minimum atomic E-state index is -0.0421. The molecule has 2 N–H and O–H groups in total. The molecule has 140 valence electrons. The Balaban J connectivity index is 1.53. The van der Waals surface area contributed by atoms with Crippen LogP contribution in [0.25, 0.3) is 10.2 Å². The molecule has 0 fully saturated rings. The third kappa shape index (κ3) is 5.37. The molecule has 27 heavy (non-hydrogen) atoms. The van der Waals surface area contributed by atoms with Crippen molar-refractivity contribution in [3.8, 4) is 0 Å². The summed E-state index contributed by atoms with van der Waals surface area (Å²) in [5.74, 6) is -0.00426. The smallest absolute Gasteiger partial charge is 0.225 e. The number of carbonyl (C=O) groups is 2. The Labute approximate surface area is 162 Å². The summed E-state index contributed by atoms with van der Waals surface area (Å²) >= 11 is 1.45. The molecule has 2 aromatic carbocycles. The number of carbonyl (C=O) groups excluding carboxylic acids is 2. The van der Waals surface area contributed by atoms with Crippen LogP contribution in [0, 0.1) is 6.92 Å². The van der Waals surface area contributed by atoms with Crippen LogP contribution in [0.5, 0.6) is 0 Å². The Morgan fingerprint density at radius 1 is 1.04 bits per heavy atom. The van der Waals surface area contributed by atoms with Crippen LogP contribution in [0.15, 0.2) is 42.5 Å². The Morgan fingerprint density at radius 2 is 1.78 bits per heavy atom. The van der Waals surface area contributed by atoms with Crippen molar-refractivity contribution in [1.82, 2.24) is 10.3 Å². The van der Waals surface area contributed by atoms with Crippen molar-refractivity contribution in [3.05, 3.63) is 59.2 Å². The van der Waals surface area contributed by atoms with Crippen molar-refractivity contribution in [3.63, 3.8) is 0 Å². The standard InChI is InChI=1S/C21H23N3O2S/c1-3-19(25)24-21-23-17-10-8-15(12-18(17)27-21)9-11-20(26)22-13-16-6-4-14(2)5-7-16/h4-8,10,12H,3,9,11,13H2,1-2H3,(H,22,26)(H,23,24,25). The molecule has 0 radical (unpaired) electrons. The number of aryl methyl sites for hydroxylation is 2. The Bertz CT molecular complexity index is 948. The predicted molar refractivity (Wildman–Crippen MR) is 110 cm³/mol. The van der Waals surface area contributed by atoms with E-state index in [9.17, 15) is 9.59 Å². The maximum Gasteiger partial charge on any atom is 0.225 e. The Kier molecular flexibility index (Phi) is 6.19. The Hall–Kier alpha value is -2.73. The molecule has 6 heteroatoms. The van der Waals surface area contributed by atoms with E-state index in [-0.39, 0.29) is 11.8 Å². The van der Waals surface area contributed by atoms with Crippen molar-refractivity contribution < 1.29 is 9.59 Å². The molecular formula is C21H23N3O2S. The average molecular weight is 382 g/mol. The lowest BCUT2D eigenvalue weighted by atomic mass is 10.1. The first kappa shape index (κ1) is 19.0. The average Bonchev–Trinajstić information content (AvgIpc) is 3.07. The highest BCUT2D eigenvalue weighted by Crippen LogP contribution is 2.27. The van der Waals surface area contributed by atoms with E-state index in [0.29, 0.717) is 30.9 Å². The lowest BCUT2D eigenvalue weighted by Gasteiger charge is -2.06. The van der Waals surface area contributed by atoms with Gasteiger partial charge in [0, 0.05) is 19.4 Å². The van der Waals surface area contributed by atoms with E-state index >= 15 is 0 Å². The van der Waals surface area contributed by atoms with Gasteiger partial charge >= 0.3 is 0 Å². The number of nitrogens with one attached hydrogen (secondary N) is 2. The van der Waals surface area contributed by atoms with E-state index in [1.165, 1.54) is 16.9 Å². The normalized spacial score (nSPS) is 10.7. The van der Waals surface area contributed by atoms with Crippen molar-refractivity contribution in [2.24, 2.45) is 0 Å². The van der Waals surface area contributed by atoms with Gasteiger partial charge in [-0.2, -0.15) is 0 Å². The zero-order chi connectivity index (χ0) is 19.2. The number of nitrogens with zero attached hydrogens (tertiary/aromatic N) is 1. The van der Waals surface area contributed by atoms with Gasteiger partial charge in [0.25, 0.3) is 0 Å². The molecule has 0 aliphatic heterocycles. The maximum atomic E-state index is 12.1. The predicted octanol–water partition coefficient (Wildman–Crippen LogP) is 4.20. The summed E-state index contributed by atoms with van der Waals surface area (Å²) in [5, 5.41) is 6.37. The second-order valence-corrected chi connectivity index (χ2v) is 7.52. The fraction of sp³-hybridized carbons (Fsp3) is 0.286. The first-order valence-electron chi connectivity index (χ1n) is 9.05. The molecule has 5 nitrogen and oxygen atoms in total. The number of anilines is 1. The van der Waals surface area contributed by atoms with E-state index in [2.05, 4.69) is 15.6 Å². The molecule has 0 aliphatic carbocycles. The van der Waals surface area contributed by atoms with Crippen LogP contribution in [-0.2, 0) is 22.6 Å². The minimum Gasteiger partial charge on any atom is -0.352 e. The van der Waals surface area contributed by atoms with Gasteiger partial charge < -0.3 is 10.6 Å². The number of fused-ring (bicyclic) bond motifs is 1. The largest absolute Gasteiger partial charge is 0.352 e. The van der Waals surface area contributed by atoms with Gasteiger partial charge in [0.2, 0.25) is 11.8 Å². The molecule has 1 aromatic heterocycles. The van der Waals surface area contributed by atoms with E-state index in [4.69, 9.17) is 0 Å². The van der Waals surface area contributed by atoms with Gasteiger partial charge in [0.15, 0.2) is 5.13 Å². The van der Waals surface area contributed by atoms with Gasteiger partial charge in [0.05, 0.1) is 10.2 Å². The summed E-state index contributed by atoms with van der Waals surface area (Å²) in [7, 11) is 0. The van der Waals surface area contributed by atoms with Gasteiger partial charge in [-0.3, -0.25) is 9.59 Å². The number of thiazole rings is 1. The SMILES string of the molecule is CCC(=O)Nc1nc2ccc(CCC(=O)NCc3ccc(C)cc3)cc2s1. The number of amides is 2. The van der Waals surface area contributed by atoms with Gasteiger partial charge in [-0.25, -0.2) is 4.98 Å². The van der Waals surface area contributed by atoms with E-state index < -0.39 is 0 Å². The minimum absolute atomic E-state index is 0.0378. The topological polar surface area (TPSA) is 71.1 Å². The lowest BCUT2D eigenvalue weighted by molar-refractivity contribution is -0.121. The molecule has 0 spiro atoms. The monoisotopic (exact) mass is 381 g/mol. The van der Waals surface area contributed by atoms with Crippen molar-refractivity contribution in [2.75, 3.05) is 5.32 Å². The zero-order valence-electron chi connectivity index (χ0n) is 15.5. The molecule has 0 saturated carbocycles. The van der Waals surface area contributed by atoms with Crippen LogP contribution in [0.4, 0.5) is 5.13 Å². The van der Waals surface area contributed by atoms with Crippen molar-refractivity contribution in [2.45, 2.75) is 39.7 Å². The molecule has 3 aromatic rings. The van der Waals surface area contributed by atoms with E-state index in [1.54, 1.807) is 0 Å². The van der Waals surface area contributed by atoms with E-state index in [0.717, 1.165) is 21.3 Å². The highest BCUT2D eigenvalue weighted by molar-refractivity contribution is 7.22. The lowest BCUT2D eigenvalue weighted by Crippen LogP contribution is -2.22. The van der Waals surface area contributed by atoms with Gasteiger partial charge in [0.1, 0.15) is 0 Å². The van der Waals surface area contributed by atoms with Gasteiger partial charge in [-0.1, -0.05) is 54.2 Å². The van der Waals surface area contributed by atoms with Crippen LogP contribution in [0.2, 0.25) is 0 Å². The maximum absolute atomic E-state index is 12.1. The summed E-state index contributed by atoms with van der Waals surface area (Å²) in [6.07, 6.45) is 1.54. The zero-order valence-corrected chi connectivity index (χ0v) is 16.4. The molecule has 1 heterocycles. The molecule has 0 unspecified atom stereocenters. The van der Waals surface area contributed by atoms with Crippen LogP contribution in [0.1, 0.15) is 36.5 Å². The molecule has 0 aliphatic rings. The van der Waals surface area contributed by atoms with Crippen LogP contribution in [-0.4, -0.2) is 16.8 Å². The first-order valence-corrected chi connectivity index (χ1v) is 9.86. The first-order chi connectivity index (χ1) is 13.0. The van der Waals surface area contributed by atoms with Crippen LogP contribution in [0.3, 0.4) is 0 Å². The van der Waals surface area contributed by atoms with Crippen LogP contribution >= 0.6 is 11.3 Å². The van der Waals surface area contributed by atoms with Gasteiger partial charge in [-0.05, 0) is 36.6 Å². The van der Waals surface area contributed by atoms with Crippen molar-refractivity contribution >= 4 is 38.5 Å². The summed E-state index contributed by atoms with van der Waals surface area (Å²) in [6, 6.07) is 14.1. The number of hydrogen-bond donors (Lipinski definition) is 2. The fourth-order valence-corrected chi connectivity index (χ4v) is 3.58. The summed E-state index contributed by atoms with van der Waals surface area (Å²) in [6.45, 7) is 4.40. The quantitative estimate of drug-likeness (QED) is 0.644. The number of benzene rings is 2. The molecule has 0 atom stereocenters. The molecule has 3 rings (SSSR count). The number of aromatic nitrogens is 1. The molecule has 0 saturated heterocycles. The molecule has 0 bridgehead atoms. The molecular weight excluding hydrogens is 358 g/mol. The highest BCUT2D eigenvalue weighted by Gasteiger charge is 2.08. The summed E-state index contributed by atoms with van der Waals surface area (Å²) in [4.78, 5) is 28.0. The third-order valence-corrected chi connectivity index (χ3v) is 5.20.